The van der Waals surface area contributed by atoms with E-state index in [0.29, 0.717) is 18.0 Å². The molecule has 1 aliphatic heterocycles. The van der Waals surface area contributed by atoms with Crippen LogP contribution in [-0.4, -0.2) is 58.7 Å². The molecule has 0 atom stereocenters. The van der Waals surface area contributed by atoms with E-state index in [0.717, 1.165) is 37.1 Å². The maximum absolute atomic E-state index is 12.2. The molecule has 0 unspecified atom stereocenters. The molecular formula is C15H19ClN4O. The quantitative estimate of drug-likeness (QED) is 0.869. The van der Waals surface area contributed by atoms with E-state index >= 15 is 0 Å². The van der Waals surface area contributed by atoms with Gasteiger partial charge >= 0.3 is 0 Å². The molecule has 0 aliphatic carbocycles. The van der Waals surface area contributed by atoms with Crippen LogP contribution in [0.25, 0.3) is 10.9 Å². The number of amides is 1. The van der Waals surface area contributed by atoms with E-state index in [1.807, 2.05) is 27.8 Å². The Balaban J connectivity index is 1.64. The van der Waals surface area contributed by atoms with Gasteiger partial charge in [0.1, 0.15) is 0 Å². The van der Waals surface area contributed by atoms with Gasteiger partial charge < -0.3 is 9.80 Å². The lowest BCUT2D eigenvalue weighted by Crippen LogP contribution is -2.47. The van der Waals surface area contributed by atoms with Gasteiger partial charge in [0.2, 0.25) is 5.91 Å². The van der Waals surface area contributed by atoms with Crippen LogP contribution in [0.4, 0.5) is 0 Å². The van der Waals surface area contributed by atoms with Crippen molar-refractivity contribution < 1.29 is 4.79 Å². The molecule has 0 bridgehead atoms. The Morgan fingerprint density at radius 1 is 1.29 bits per heavy atom. The number of carbonyl (C=O) groups is 1. The number of rotatable bonds is 3. The highest BCUT2D eigenvalue weighted by Crippen LogP contribution is 2.22. The first kappa shape index (κ1) is 14.4. The van der Waals surface area contributed by atoms with Crippen LogP contribution in [-0.2, 0) is 11.3 Å². The fraction of sp³-hybridized carbons (Fsp3) is 0.467. The van der Waals surface area contributed by atoms with Gasteiger partial charge in [-0.25, -0.2) is 0 Å². The Kier molecular flexibility index (Phi) is 4.12. The molecule has 1 saturated heterocycles. The standard InChI is InChI=1S/C15H19ClN4O/c1-18-7-9-19(10-8-18)15(21)5-6-20-14-4-2-3-13(16)12(14)11-17-20/h2-4,11H,5-10H2,1H3. The summed E-state index contributed by atoms with van der Waals surface area (Å²) in [5.74, 6) is 0.203. The van der Waals surface area contributed by atoms with Crippen LogP contribution in [0.1, 0.15) is 6.42 Å². The van der Waals surface area contributed by atoms with E-state index in [2.05, 4.69) is 17.0 Å². The van der Waals surface area contributed by atoms with E-state index in [4.69, 9.17) is 11.6 Å². The molecule has 1 aromatic heterocycles. The summed E-state index contributed by atoms with van der Waals surface area (Å²) in [6.45, 7) is 4.13. The molecule has 5 nitrogen and oxygen atoms in total. The van der Waals surface area contributed by atoms with Crippen LogP contribution < -0.4 is 0 Å². The van der Waals surface area contributed by atoms with Crippen molar-refractivity contribution in [2.45, 2.75) is 13.0 Å². The van der Waals surface area contributed by atoms with Gasteiger partial charge in [0.05, 0.1) is 23.3 Å². The summed E-state index contributed by atoms with van der Waals surface area (Å²) in [5.41, 5.74) is 0.980. The molecule has 6 heteroatoms. The fourth-order valence-corrected chi connectivity index (χ4v) is 2.88. The van der Waals surface area contributed by atoms with Gasteiger partial charge in [0, 0.05) is 38.0 Å². The second-order valence-corrected chi connectivity index (χ2v) is 5.88. The van der Waals surface area contributed by atoms with Gasteiger partial charge in [-0.2, -0.15) is 5.10 Å². The van der Waals surface area contributed by atoms with Crippen molar-refractivity contribution in [1.82, 2.24) is 19.6 Å². The highest BCUT2D eigenvalue weighted by Gasteiger charge is 2.19. The second-order valence-electron chi connectivity index (χ2n) is 5.47. The van der Waals surface area contributed by atoms with Gasteiger partial charge in [-0.3, -0.25) is 9.48 Å². The Morgan fingerprint density at radius 2 is 2.05 bits per heavy atom. The summed E-state index contributed by atoms with van der Waals surface area (Å²) in [7, 11) is 2.08. The van der Waals surface area contributed by atoms with Crippen molar-refractivity contribution in [2.75, 3.05) is 33.2 Å². The Morgan fingerprint density at radius 3 is 2.81 bits per heavy atom. The Hall–Kier alpha value is -1.59. The molecule has 0 spiro atoms. The first-order chi connectivity index (χ1) is 10.1. The molecule has 1 aliphatic rings. The molecule has 0 N–H and O–H groups in total. The van der Waals surface area contributed by atoms with Crippen molar-refractivity contribution in [1.29, 1.82) is 0 Å². The topological polar surface area (TPSA) is 41.4 Å². The maximum atomic E-state index is 12.2. The second kappa shape index (κ2) is 6.03. The number of benzene rings is 1. The van der Waals surface area contributed by atoms with E-state index in [-0.39, 0.29) is 5.91 Å². The monoisotopic (exact) mass is 306 g/mol. The van der Waals surface area contributed by atoms with E-state index in [1.165, 1.54) is 0 Å². The minimum absolute atomic E-state index is 0.203. The van der Waals surface area contributed by atoms with Crippen molar-refractivity contribution in [3.8, 4) is 0 Å². The zero-order chi connectivity index (χ0) is 14.8. The number of hydrogen-bond acceptors (Lipinski definition) is 3. The SMILES string of the molecule is CN1CCN(C(=O)CCn2ncc3c(Cl)cccc32)CC1. The van der Waals surface area contributed by atoms with Crippen molar-refractivity contribution in [3.63, 3.8) is 0 Å². The molecule has 1 aromatic carbocycles. The number of nitrogens with zero attached hydrogens (tertiary/aromatic N) is 4. The molecule has 0 radical (unpaired) electrons. The summed E-state index contributed by atoms with van der Waals surface area (Å²) < 4.78 is 1.86. The normalized spacial score (nSPS) is 16.6. The smallest absolute Gasteiger partial charge is 0.224 e. The van der Waals surface area contributed by atoms with Crippen molar-refractivity contribution in [2.24, 2.45) is 0 Å². The molecule has 0 saturated carbocycles. The minimum atomic E-state index is 0.203. The molecule has 1 amide bonds. The van der Waals surface area contributed by atoms with E-state index in [1.54, 1.807) is 6.20 Å². The van der Waals surface area contributed by atoms with Gasteiger partial charge in [0.15, 0.2) is 0 Å². The number of fused-ring (bicyclic) bond motifs is 1. The molecule has 21 heavy (non-hydrogen) atoms. The van der Waals surface area contributed by atoms with Gasteiger partial charge in [0.25, 0.3) is 0 Å². The average Bonchev–Trinajstić information content (AvgIpc) is 2.90. The summed E-state index contributed by atoms with van der Waals surface area (Å²) in [4.78, 5) is 16.4. The van der Waals surface area contributed by atoms with Gasteiger partial charge in [-0.15, -0.1) is 0 Å². The lowest BCUT2D eigenvalue weighted by molar-refractivity contribution is -0.133. The maximum Gasteiger partial charge on any atom is 0.224 e. The Labute approximate surface area is 129 Å². The lowest BCUT2D eigenvalue weighted by Gasteiger charge is -2.32. The highest BCUT2D eigenvalue weighted by molar-refractivity contribution is 6.35. The van der Waals surface area contributed by atoms with Crippen LogP contribution in [0.2, 0.25) is 5.02 Å². The first-order valence-electron chi connectivity index (χ1n) is 7.21. The summed E-state index contributed by atoms with van der Waals surface area (Å²) in [5, 5.41) is 5.97. The van der Waals surface area contributed by atoms with E-state index < -0.39 is 0 Å². The summed E-state index contributed by atoms with van der Waals surface area (Å²) >= 11 is 6.14. The lowest BCUT2D eigenvalue weighted by atomic mass is 10.2. The van der Waals surface area contributed by atoms with Crippen LogP contribution >= 0.6 is 11.6 Å². The number of hydrogen-bond donors (Lipinski definition) is 0. The first-order valence-corrected chi connectivity index (χ1v) is 7.59. The third kappa shape index (κ3) is 3.04. The van der Waals surface area contributed by atoms with Crippen LogP contribution in [0.3, 0.4) is 0 Å². The highest BCUT2D eigenvalue weighted by atomic mass is 35.5. The molecule has 2 heterocycles. The predicted molar refractivity (Wildman–Crippen MR) is 83.4 cm³/mol. The van der Waals surface area contributed by atoms with Gasteiger partial charge in [-0.1, -0.05) is 17.7 Å². The van der Waals surface area contributed by atoms with Gasteiger partial charge in [-0.05, 0) is 19.2 Å². The zero-order valence-corrected chi connectivity index (χ0v) is 12.9. The molecule has 112 valence electrons. The largest absolute Gasteiger partial charge is 0.340 e. The number of carbonyl (C=O) groups excluding carboxylic acids is 1. The molecule has 1 fully saturated rings. The minimum Gasteiger partial charge on any atom is -0.340 e. The van der Waals surface area contributed by atoms with Crippen LogP contribution in [0.5, 0.6) is 0 Å². The fourth-order valence-electron chi connectivity index (χ4n) is 2.66. The number of piperazine rings is 1. The molecular weight excluding hydrogens is 288 g/mol. The molecule has 2 aromatic rings. The van der Waals surface area contributed by atoms with Crippen LogP contribution in [0, 0.1) is 0 Å². The number of aryl methyl sites for hydroxylation is 1. The Bertz CT molecular complexity index is 646. The zero-order valence-electron chi connectivity index (χ0n) is 12.1. The third-order valence-corrected chi connectivity index (χ3v) is 4.36. The third-order valence-electron chi connectivity index (χ3n) is 4.03. The average molecular weight is 307 g/mol. The van der Waals surface area contributed by atoms with Crippen molar-refractivity contribution >= 4 is 28.4 Å². The number of aromatic nitrogens is 2. The number of halogens is 1. The predicted octanol–water partition coefficient (Wildman–Crippen LogP) is 1.85. The summed E-state index contributed by atoms with van der Waals surface area (Å²) in [6.07, 6.45) is 2.24. The number of likely N-dealkylation sites (N-methyl/N-ethyl adjacent to an activating group) is 1. The molecule has 3 rings (SSSR count). The van der Waals surface area contributed by atoms with Crippen molar-refractivity contribution in [3.05, 3.63) is 29.4 Å². The van der Waals surface area contributed by atoms with E-state index in [9.17, 15) is 4.79 Å². The summed E-state index contributed by atoms with van der Waals surface area (Å²) in [6, 6.07) is 5.74. The van der Waals surface area contributed by atoms with Crippen LogP contribution in [0.15, 0.2) is 24.4 Å².